The van der Waals surface area contributed by atoms with Gasteiger partial charge < -0.3 is 10.1 Å². The predicted octanol–water partition coefficient (Wildman–Crippen LogP) is 2.49. The molecule has 1 aliphatic carbocycles. The third-order valence-electron chi connectivity index (χ3n) is 5.46. The van der Waals surface area contributed by atoms with E-state index >= 15 is 0 Å². The number of hydrogen-bond donors (Lipinski definition) is 1. The maximum Gasteiger partial charge on any atom is 0.240 e. The summed E-state index contributed by atoms with van der Waals surface area (Å²) in [5.74, 6) is -1.07. The van der Waals surface area contributed by atoms with Crippen molar-refractivity contribution in [3.05, 3.63) is 72.3 Å². The normalized spacial score (nSPS) is 23.1. The number of nitrogens with zero attached hydrogens (tertiary/aromatic N) is 1. The van der Waals surface area contributed by atoms with Gasteiger partial charge in [0, 0.05) is 0 Å². The third kappa shape index (κ3) is 3.66. The van der Waals surface area contributed by atoms with Gasteiger partial charge in [0.25, 0.3) is 0 Å². The fraction of sp³-hybridized carbons (Fsp3) is 0.261. The number of fused-ring (bicyclic) bond motifs is 1. The number of allylic oxidation sites excluding steroid dienone is 1. The number of benzene rings is 2. The van der Waals surface area contributed by atoms with Gasteiger partial charge in [0.05, 0.1) is 37.1 Å². The molecule has 1 saturated heterocycles. The molecule has 1 N–H and O–H groups in total. The molecule has 6 heteroatoms. The van der Waals surface area contributed by atoms with Gasteiger partial charge in [-0.05, 0) is 36.2 Å². The van der Waals surface area contributed by atoms with Gasteiger partial charge in [0.15, 0.2) is 0 Å². The van der Waals surface area contributed by atoms with Gasteiger partial charge in [-0.3, -0.25) is 14.4 Å². The van der Waals surface area contributed by atoms with Crippen molar-refractivity contribution in [3.8, 4) is 5.75 Å². The number of anilines is 1. The monoisotopic (exact) mass is 390 g/mol. The molecule has 1 heterocycles. The summed E-state index contributed by atoms with van der Waals surface area (Å²) in [6, 6.07) is 15.8. The number of imide groups is 1. The Morgan fingerprint density at radius 3 is 2.48 bits per heavy atom. The van der Waals surface area contributed by atoms with E-state index in [-0.39, 0.29) is 24.1 Å². The zero-order valence-corrected chi connectivity index (χ0v) is 16.1. The SMILES string of the molecule is COc1ccc(N2C(=O)[C@H]3[C@H](NC(=O)Cc4ccccc4)C=CC[C@H]3C2=O)cc1. The van der Waals surface area contributed by atoms with Crippen LogP contribution in [-0.4, -0.2) is 30.9 Å². The van der Waals surface area contributed by atoms with Crippen LogP contribution in [0.15, 0.2) is 66.7 Å². The lowest BCUT2D eigenvalue weighted by Crippen LogP contribution is -2.45. The van der Waals surface area contributed by atoms with Gasteiger partial charge in [-0.1, -0.05) is 42.5 Å². The highest BCUT2D eigenvalue weighted by Crippen LogP contribution is 2.38. The van der Waals surface area contributed by atoms with Crippen LogP contribution in [0.4, 0.5) is 5.69 Å². The van der Waals surface area contributed by atoms with E-state index in [1.165, 1.54) is 4.90 Å². The first-order chi connectivity index (χ1) is 14.1. The van der Waals surface area contributed by atoms with E-state index in [4.69, 9.17) is 4.74 Å². The van der Waals surface area contributed by atoms with E-state index in [1.54, 1.807) is 31.4 Å². The lowest BCUT2D eigenvalue weighted by molar-refractivity contribution is -0.124. The summed E-state index contributed by atoms with van der Waals surface area (Å²) < 4.78 is 5.14. The lowest BCUT2D eigenvalue weighted by atomic mass is 9.81. The van der Waals surface area contributed by atoms with Crippen LogP contribution >= 0.6 is 0 Å². The first kappa shape index (κ1) is 18.9. The van der Waals surface area contributed by atoms with E-state index < -0.39 is 17.9 Å². The molecule has 1 fully saturated rings. The third-order valence-corrected chi connectivity index (χ3v) is 5.46. The summed E-state index contributed by atoms with van der Waals surface area (Å²) in [4.78, 5) is 39.8. The Hall–Kier alpha value is -3.41. The molecule has 4 rings (SSSR count). The standard InChI is InChI=1S/C23H22N2O4/c1-29-17-12-10-16(11-13-17)25-22(27)18-8-5-9-19(21(18)23(25)28)24-20(26)14-15-6-3-2-4-7-15/h2-7,9-13,18-19,21H,8,14H2,1H3,(H,24,26)/t18-,19-,21-/m1/s1. The summed E-state index contributed by atoms with van der Waals surface area (Å²) in [5.41, 5.74) is 1.42. The van der Waals surface area contributed by atoms with Crippen molar-refractivity contribution in [2.24, 2.45) is 11.8 Å². The Balaban J connectivity index is 1.52. The van der Waals surface area contributed by atoms with Crippen molar-refractivity contribution in [2.45, 2.75) is 18.9 Å². The molecule has 29 heavy (non-hydrogen) atoms. The molecule has 3 atom stereocenters. The summed E-state index contributed by atoms with van der Waals surface area (Å²) in [6.07, 6.45) is 4.42. The second kappa shape index (κ2) is 7.91. The quantitative estimate of drug-likeness (QED) is 0.629. The van der Waals surface area contributed by atoms with Gasteiger partial charge in [-0.2, -0.15) is 0 Å². The van der Waals surface area contributed by atoms with Crippen LogP contribution in [0, 0.1) is 11.8 Å². The molecule has 0 radical (unpaired) electrons. The zero-order valence-electron chi connectivity index (χ0n) is 16.1. The van der Waals surface area contributed by atoms with Crippen LogP contribution < -0.4 is 15.0 Å². The van der Waals surface area contributed by atoms with Gasteiger partial charge in [-0.15, -0.1) is 0 Å². The van der Waals surface area contributed by atoms with Gasteiger partial charge in [-0.25, -0.2) is 4.90 Å². The highest BCUT2D eigenvalue weighted by Gasteiger charge is 2.52. The number of methoxy groups -OCH3 is 1. The molecule has 2 aromatic rings. The van der Waals surface area contributed by atoms with Crippen LogP contribution in [0.1, 0.15) is 12.0 Å². The van der Waals surface area contributed by atoms with E-state index in [9.17, 15) is 14.4 Å². The second-order valence-corrected chi connectivity index (χ2v) is 7.26. The number of nitrogens with one attached hydrogen (secondary N) is 1. The van der Waals surface area contributed by atoms with Gasteiger partial charge in [0.1, 0.15) is 5.75 Å². The first-order valence-corrected chi connectivity index (χ1v) is 9.60. The minimum atomic E-state index is -0.589. The number of carbonyl (C=O) groups excluding carboxylic acids is 3. The Morgan fingerprint density at radius 1 is 1.07 bits per heavy atom. The highest BCUT2D eigenvalue weighted by molar-refractivity contribution is 6.22. The van der Waals surface area contributed by atoms with Crippen LogP contribution in [0.2, 0.25) is 0 Å². The molecule has 0 saturated carbocycles. The van der Waals surface area contributed by atoms with E-state index in [2.05, 4.69) is 5.32 Å². The number of carbonyl (C=O) groups is 3. The molecule has 6 nitrogen and oxygen atoms in total. The molecule has 0 bridgehead atoms. The Kier molecular flexibility index (Phi) is 5.16. The lowest BCUT2D eigenvalue weighted by Gasteiger charge is -2.27. The fourth-order valence-corrected chi connectivity index (χ4v) is 4.03. The summed E-state index contributed by atoms with van der Waals surface area (Å²) in [7, 11) is 1.56. The molecule has 3 amide bonds. The molecule has 148 valence electrons. The minimum absolute atomic E-state index is 0.172. The first-order valence-electron chi connectivity index (χ1n) is 9.60. The summed E-state index contributed by atoms with van der Waals surface area (Å²) in [6.45, 7) is 0. The van der Waals surface area contributed by atoms with Crippen molar-refractivity contribution in [1.82, 2.24) is 5.32 Å². The largest absolute Gasteiger partial charge is 0.497 e. The Morgan fingerprint density at radius 2 is 1.79 bits per heavy atom. The predicted molar refractivity (Wildman–Crippen MR) is 108 cm³/mol. The molecule has 0 unspecified atom stereocenters. The van der Waals surface area contributed by atoms with Crippen LogP contribution in [0.3, 0.4) is 0 Å². The molecule has 1 aliphatic heterocycles. The summed E-state index contributed by atoms with van der Waals surface area (Å²) >= 11 is 0. The van der Waals surface area contributed by atoms with Crippen molar-refractivity contribution >= 4 is 23.4 Å². The summed E-state index contributed by atoms with van der Waals surface area (Å²) in [5, 5.41) is 2.93. The number of rotatable bonds is 5. The zero-order chi connectivity index (χ0) is 20.4. The van der Waals surface area contributed by atoms with Crippen LogP contribution in [0.5, 0.6) is 5.75 Å². The smallest absolute Gasteiger partial charge is 0.240 e. The van der Waals surface area contributed by atoms with E-state index in [0.29, 0.717) is 17.9 Å². The van der Waals surface area contributed by atoms with Crippen molar-refractivity contribution in [2.75, 3.05) is 12.0 Å². The highest BCUT2D eigenvalue weighted by atomic mass is 16.5. The molecule has 0 aromatic heterocycles. The van der Waals surface area contributed by atoms with Gasteiger partial charge >= 0.3 is 0 Å². The van der Waals surface area contributed by atoms with Crippen LogP contribution in [0.25, 0.3) is 0 Å². The van der Waals surface area contributed by atoms with Gasteiger partial charge in [0.2, 0.25) is 17.7 Å². The van der Waals surface area contributed by atoms with Crippen LogP contribution in [-0.2, 0) is 20.8 Å². The molecular formula is C23H22N2O4. The minimum Gasteiger partial charge on any atom is -0.497 e. The van der Waals surface area contributed by atoms with Crippen molar-refractivity contribution in [1.29, 1.82) is 0 Å². The Bertz CT molecular complexity index is 953. The van der Waals surface area contributed by atoms with E-state index in [0.717, 1.165) is 5.56 Å². The topological polar surface area (TPSA) is 75.7 Å². The van der Waals surface area contributed by atoms with E-state index in [1.807, 2.05) is 42.5 Å². The molecular weight excluding hydrogens is 368 g/mol. The number of ether oxygens (including phenoxy) is 1. The maximum atomic E-state index is 13.1. The second-order valence-electron chi connectivity index (χ2n) is 7.26. The number of hydrogen-bond acceptors (Lipinski definition) is 4. The van der Waals surface area contributed by atoms with Crippen molar-refractivity contribution in [3.63, 3.8) is 0 Å². The fourth-order valence-electron chi connectivity index (χ4n) is 4.03. The van der Waals surface area contributed by atoms with Crippen molar-refractivity contribution < 1.29 is 19.1 Å². The maximum absolute atomic E-state index is 13.1. The Labute approximate surface area is 169 Å². The molecule has 2 aliphatic rings. The average Bonchev–Trinajstić information content (AvgIpc) is 3.00. The molecule has 2 aromatic carbocycles. The average molecular weight is 390 g/mol. The molecule has 0 spiro atoms. The number of amides is 3.